The molecule has 1 heterocycles. The van der Waals surface area contributed by atoms with Gasteiger partial charge < -0.3 is 14.9 Å². The van der Waals surface area contributed by atoms with Crippen molar-refractivity contribution in [3.63, 3.8) is 0 Å². The van der Waals surface area contributed by atoms with Crippen LogP contribution in [0.5, 0.6) is 5.75 Å². The number of carbonyl (C=O) groups is 1. The van der Waals surface area contributed by atoms with Crippen LogP contribution < -0.4 is 0 Å². The molecule has 1 aromatic carbocycles. The molecule has 1 N–H and O–H groups in total. The summed E-state index contributed by atoms with van der Waals surface area (Å²) in [6.45, 7) is 5.52. The first-order valence-electron chi connectivity index (χ1n) is 6.65. The molecule has 0 radical (unpaired) electrons. The molecular formula is C15H22N2O2. The number of amides is 1. The first kappa shape index (κ1) is 13.9. The van der Waals surface area contributed by atoms with Gasteiger partial charge in [0, 0.05) is 24.7 Å². The molecule has 2 unspecified atom stereocenters. The van der Waals surface area contributed by atoms with Gasteiger partial charge in [-0.3, -0.25) is 4.79 Å². The minimum absolute atomic E-state index is 0.00602. The molecule has 4 heteroatoms. The normalized spacial score (nSPS) is 23.1. The predicted molar refractivity (Wildman–Crippen MR) is 75.4 cm³/mol. The first-order valence-corrected chi connectivity index (χ1v) is 6.65. The largest absolute Gasteiger partial charge is 0.508 e. The number of hydrogen-bond acceptors (Lipinski definition) is 3. The lowest BCUT2D eigenvalue weighted by Gasteiger charge is -2.22. The maximum Gasteiger partial charge on any atom is 0.254 e. The Kier molecular flexibility index (Phi) is 3.80. The highest BCUT2D eigenvalue weighted by Crippen LogP contribution is 2.24. The van der Waals surface area contributed by atoms with Crippen LogP contribution >= 0.6 is 0 Å². The Morgan fingerprint density at radius 1 is 1.37 bits per heavy atom. The van der Waals surface area contributed by atoms with Gasteiger partial charge in [-0.15, -0.1) is 0 Å². The second-order valence-electron chi connectivity index (χ2n) is 5.72. The lowest BCUT2D eigenvalue weighted by Crippen LogP contribution is -2.35. The highest BCUT2D eigenvalue weighted by Gasteiger charge is 2.33. The van der Waals surface area contributed by atoms with E-state index in [4.69, 9.17) is 0 Å². The van der Waals surface area contributed by atoms with Crippen LogP contribution in [0.3, 0.4) is 0 Å². The lowest BCUT2D eigenvalue weighted by molar-refractivity contribution is 0.0781. The summed E-state index contributed by atoms with van der Waals surface area (Å²) >= 11 is 0. The third-order valence-electron chi connectivity index (χ3n) is 3.98. The van der Waals surface area contributed by atoms with Crippen LogP contribution in [-0.4, -0.2) is 54.0 Å². The summed E-state index contributed by atoms with van der Waals surface area (Å²) in [6, 6.07) is 5.53. The zero-order chi connectivity index (χ0) is 14.2. The second kappa shape index (κ2) is 5.21. The van der Waals surface area contributed by atoms with E-state index >= 15 is 0 Å². The van der Waals surface area contributed by atoms with E-state index in [1.807, 2.05) is 25.9 Å². The van der Waals surface area contributed by atoms with E-state index in [1.165, 1.54) is 0 Å². The van der Waals surface area contributed by atoms with Crippen molar-refractivity contribution in [1.82, 2.24) is 9.80 Å². The summed E-state index contributed by atoms with van der Waals surface area (Å²) in [7, 11) is 4.10. The monoisotopic (exact) mass is 262 g/mol. The van der Waals surface area contributed by atoms with Crippen molar-refractivity contribution in [3.05, 3.63) is 29.3 Å². The van der Waals surface area contributed by atoms with Crippen molar-refractivity contribution in [2.75, 3.05) is 27.2 Å². The Morgan fingerprint density at radius 3 is 2.58 bits per heavy atom. The molecule has 1 fully saturated rings. The molecule has 0 aliphatic carbocycles. The fourth-order valence-corrected chi connectivity index (χ4v) is 2.71. The maximum absolute atomic E-state index is 12.4. The van der Waals surface area contributed by atoms with Gasteiger partial charge >= 0.3 is 0 Å². The highest BCUT2D eigenvalue weighted by atomic mass is 16.3. The van der Waals surface area contributed by atoms with Gasteiger partial charge in [-0.2, -0.15) is 0 Å². The van der Waals surface area contributed by atoms with Gasteiger partial charge in [0.25, 0.3) is 5.91 Å². The third kappa shape index (κ3) is 2.73. The molecule has 0 bridgehead atoms. The SMILES string of the molecule is Cc1ccc(C(=O)N2CC(C)C(N(C)C)C2)cc1O. The standard InChI is InChI=1S/C15H22N2O2/c1-10-5-6-12(7-14(10)18)15(19)17-8-11(2)13(9-17)16(3)4/h5-7,11,13,18H,8-9H2,1-4H3. The van der Waals surface area contributed by atoms with Crippen LogP contribution in [0.15, 0.2) is 18.2 Å². The molecule has 104 valence electrons. The molecule has 4 nitrogen and oxygen atoms in total. The Hall–Kier alpha value is -1.55. The van der Waals surface area contributed by atoms with Gasteiger partial charge in [-0.25, -0.2) is 0 Å². The molecule has 0 aromatic heterocycles. The molecule has 1 saturated heterocycles. The molecule has 1 aliphatic heterocycles. The van der Waals surface area contributed by atoms with Crippen LogP contribution in [-0.2, 0) is 0 Å². The van der Waals surface area contributed by atoms with Crippen molar-refractivity contribution in [1.29, 1.82) is 0 Å². The van der Waals surface area contributed by atoms with Gasteiger partial charge in [0.1, 0.15) is 5.75 Å². The summed E-state index contributed by atoms with van der Waals surface area (Å²) in [5.41, 5.74) is 1.35. The molecule has 0 saturated carbocycles. The summed E-state index contributed by atoms with van der Waals surface area (Å²) in [5.74, 6) is 0.659. The number of rotatable bonds is 2. The van der Waals surface area contributed by atoms with Gasteiger partial charge in [-0.1, -0.05) is 13.0 Å². The Labute approximate surface area is 114 Å². The number of aryl methyl sites for hydroxylation is 1. The number of likely N-dealkylation sites (tertiary alicyclic amines) is 1. The van der Waals surface area contributed by atoms with E-state index in [2.05, 4.69) is 11.8 Å². The third-order valence-corrected chi connectivity index (χ3v) is 3.98. The molecular weight excluding hydrogens is 240 g/mol. The number of phenolic OH excluding ortho intramolecular Hbond substituents is 1. The molecule has 19 heavy (non-hydrogen) atoms. The molecule has 2 rings (SSSR count). The maximum atomic E-state index is 12.4. The van der Waals surface area contributed by atoms with E-state index < -0.39 is 0 Å². The molecule has 2 atom stereocenters. The summed E-state index contributed by atoms with van der Waals surface area (Å²) in [4.78, 5) is 16.5. The van der Waals surface area contributed by atoms with E-state index in [1.54, 1.807) is 18.2 Å². The average molecular weight is 262 g/mol. The number of hydrogen-bond donors (Lipinski definition) is 1. The summed E-state index contributed by atoms with van der Waals surface area (Å²) in [5, 5.41) is 9.71. The summed E-state index contributed by atoms with van der Waals surface area (Å²) < 4.78 is 0. The Bertz CT molecular complexity index is 485. The van der Waals surface area contributed by atoms with Crippen LogP contribution in [0, 0.1) is 12.8 Å². The van der Waals surface area contributed by atoms with Gasteiger partial charge in [0.05, 0.1) is 0 Å². The number of nitrogens with zero attached hydrogens (tertiary/aromatic N) is 2. The minimum Gasteiger partial charge on any atom is -0.508 e. The van der Waals surface area contributed by atoms with Crippen molar-refractivity contribution in [2.45, 2.75) is 19.9 Å². The molecule has 1 amide bonds. The lowest BCUT2D eigenvalue weighted by atomic mass is 10.1. The Balaban J connectivity index is 2.15. The zero-order valence-corrected chi connectivity index (χ0v) is 12.1. The van der Waals surface area contributed by atoms with Crippen LogP contribution in [0.1, 0.15) is 22.8 Å². The number of phenols is 1. The van der Waals surface area contributed by atoms with Crippen LogP contribution in [0.4, 0.5) is 0 Å². The van der Waals surface area contributed by atoms with Gasteiger partial charge in [-0.05, 0) is 44.6 Å². The van der Waals surface area contributed by atoms with Crippen LogP contribution in [0.2, 0.25) is 0 Å². The summed E-state index contributed by atoms with van der Waals surface area (Å²) in [6.07, 6.45) is 0. The quantitative estimate of drug-likeness (QED) is 0.882. The number of aromatic hydroxyl groups is 1. The molecule has 1 aromatic rings. The van der Waals surface area contributed by atoms with Crippen LogP contribution in [0.25, 0.3) is 0 Å². The van der Waals surface area contributed by atoms with Gasteiger partial charge in [0.2, 0.25) is 0 Å². The fourth-order valence-electron chi connectivity index (χ4n) is 2.71. The topological polar surface area (TPSA) is 43.8 Å². The highest BCUT2D eigenvalue weighted by molar-refractivity contribution is 5.95. The van der Waals surface area contributed by atoms with Crippen molar-refractivity contribution in [2.24, 2.45) is 5.92 Å². The van der Waals surface area contributed by atoms with E-state index in [9.17, 15) is 9.90 Å². The minimum atomic E-state index is 0.00602. The van der Waals surface area contributed by atoms with E-state index in [0.29, 0.717) is 17.5 Å². The predicted octanol–water partition coefficient (Wildman–Crippen LogP) is 1.72. The molecule has 1 aliphatic rings. The van der Waals surface area contributed by atoms with Crippen molar-refractivity contribution < 1.29 is 9.90 Å². The zero-order valence-electron chi connectivity index (χ0n) is 12.1. The Morgan fingerprint density at radius 2 is 2.05 bits per heavy atom. The average Bonchev–Trinajstić information content (AvgIpc) is 2.74. The van der Waals surface area contributed by atoms with Crippen molar-refractivity contribution >= 4 is 5.91 Å². The van der Waals surface area contributed by atoms with Crippen molar-refractivity contribution in [3.8, 4) is 5.75 Å². The second-order valence-corrected chi connectivity index (χ2v) is 5.72. The number of carbonyl (C=O) groups excluding carboxylic acids is 1. The smallest absolute Gasteiger partial charge is 0.254 e. The van der Waals surface area contributed by atoms with E-state index in [0.717, 1.165) is 18.7 Å². The van der Waals surface area contributed by atoms with E-state index in [-0.39, 0.29) is 11.7 Å². The number of benzene rings is 1. The first-order chi connectivity index (χ1) is 8.90. The number of likely N-dealkylation sites (N-methyl/N-ethyl adjacent to an activating group) is 1. The molecule has 0 spiro atoms. The fraction of sp³-hybridized carbons (Fsp3) is 0.533. The van der Waals surface area contributed by atoms with Gasteiger partial charge in [0.15, 0.2) is 0 Å².